The molecule has 0 saturated carbocycles. The molecule has 0 aliphatic carbocycles. The molecule has 0 unspecified atom stereocenters. The van der Waals surface area contributed by atoms with Crippen LogP contribution < -0.4 is 5.32 Å². The molecule has 3 rings (SSSR count). The molecule has 2 aliphatic rings. The number of aliphatic hydroxyl groups excluding tert-OH is 1. The van der Waals surface area contributed by atoms with Crippen LogP contribution in [0.2, 0.25) is 0 Å². The topological polar surface area (TPSA) is 99.2 Å². The molecule has 1 aromatic rings. The van der Waals surface area contributed by atoms with E-state index in [9.17, 15) is 14.4 Å². The van der Waals surface area contributed by atoms with Crippen LogP contribution >= 0.6 is 0 Å². The van der Waals surface area contributed by atoms with Gasteiger partial charge in [-0.2, -0.15) is 0 Å². The first-order chi connectivity index (χ1) is 14.0. The Kier molecular flexibility index (Phi) is 6.87. The third-order valence-corrected chi connectivity index (χ3v) is 5.23. The van der Waals surface area contributed by atoms with Crippen molar-refractivity contribution in [2.24, 2.45) is 0 Å². The first-order valence-corrected chi connectivity index (χ1v) is 9.93. The SMILES string of the molecule is COC(=O)C1=C(Nc2cccc(C(=O)N3CCCCCC3)c2)C(=O)N(CCO)C1. The number of hydrogen-bond donors (Lipinski definition) is 2. The summed E-state index contributed by atoms with van der Waals surface area (Å²) in [5.41, 5.74) is 1.40. The lowest BCUT2D eigenvalue weighted by atomic mass is 10.1. The van der Waals surface area contributed by atoms with E-state index in [0.717, 1.165) is 38.8 Å². The summed E-state index contributed by atoms with van der Waals surface area (Å²) in [6.07, 6.45) is 4.30. The number of anilines is 1. The quantitative estimate of drug-likeness (QED) is 0.699. The van der Waals surface area contributed by atoms with Crippen LogP contribution in [0.25, 0.3) is 0 Å². The predicted molar refractivity (Wildman–Crippen MR) is 107 cm³/mol. The Morgan fingerprint density at radius 1 is 1.17 bits per heavy atom. The predicted octanol–water partition coefficient (Wildman–Crippen LogP) is 1.38. The number of aliphatic hydroxyl groups is 1. The van der Waals surface area contributed by atoms with E-state index in [1.165, 1.54) is 12.0 Å². The summed E-state index contributed by atoms with van der Waals surface area (Å²) in [6, 6.07) is 6.93. The van der Waals surface area contributed by atoms with Gasteiger partial charge in [-0.1, -0.05) is 18.9 Å². The maximum atomic E-state index is 12.9. The molecule has 1 fully saturated rings. The number of nitrogens with zero attached hydrogens (tertiary/aromatic N) is 2. The van der Waals surface area contributed by atoms with E-state index in [1.807, 2.05) is 4.90 Å². The van der Waals surface area contributed by atoms with Crippen LogP contribution in [0.15, 0.2) is 35.5 Å². The van der Waals surface area contributed by atoms with E-state index >= 15 is 0 Å². The largest absolute Gasteiger partial charge is 0.466 e. The zero-order valence-electron chi connectivity index (χ0n) is 16.6. The number of nitrogens with one attached hydrogen (secondary N) is 1. The first kappa shape index (κ1) is 20.9. The van der Waals surface area contributed by atoms with Gasteiger partial charge in [-0.05, 0) is 31.0 Å². The molecule has 8 heteroatoms. The number of rotatable bonds is 6. The Bertz CT molecular complexity index is 812. The summed E-state index contributed by atoms with van der Waals surface area (Å²) >= 11 is 0. The van der Waals surface area contributed by atoms with E-state index < -0.39 is 5.97 Å². The number of β-amino-alcohol motifs (C(OH)–C–C–N with tert-alkyl or cyclic N) is 1. The normalized spacial score (nSPS) is 17.4. The molecule has 1 aromatic carbocycles. The van der Waals surface area contributed by atoms with Crippen molar-refractivity contribution in [2.45, 2.75) is 25.7 Å². The van der Waals surface area contributed by atoms with E-state index in [1.54, 1.807) is 24.3 Å². The lowest BCUT2D eigenvalue weighted by Gasteiger charge is -2.20. The molecule has 0 aromatic heterocycles. The number of esters is 1. The van der Waals surface area contributed by atoms with Crippen LogP contribution in [0.3, 0.4) is 0 Å². The Labute approximate surface area is 170 Å². The van der Waals surface area contributed by atoms with Gasteiger partial charge in [-0.3, -0.25) is 9.59 Å². The zero-order valence-corrected chi connectivity index (χ0v) is 16.6. The molecule has 2 N–H and O–H groups in total. The fraction of sp³-hybridized carbons (Fsp3) is 0.476. The van der Waals surface area contributed by atoms with E-state index in [-0.39, 0.29) is 42.8 Å². The number of likely N-dealkylation sites (tertiary alicyclic amines) is 1. The van der Waals surface area contributed by atoms with Crippen LogP contribution in [-0.2, 0) is 14.3 Å². The van der Waals surface area contributed by atoms with Crippen LogP contribution in [0.4, 0.5) is 5.69 Å². The van der Waals surface area contributed by atoms with Gasteiger partial charge in [0.25, 0.3) is 11.8 Å². The van der Waals surface area contributed by atoms with Crippen molar-refractivity contribution in [1.29, 1.82) is 0 Å². The molecule has 2 heterocycles. The van der Waals surface area contributed by atoms with Crippen LogP contribution in [0.1, 0.15) is 36.0 Å². The molecule has 8 nitrogen and oxygen atoms in total. The fourth-order valence-corrected chi connectivity index (χ4v) is 3.68. The average molecular weight is 401 g/mol. The lowest BCUT2D eigenvalue weighted by Crippen LogP contribution is -2.32. The molecule has 2 aliphatic heterocycles. The zero-order chi connectivity index (χ0) is 20.8. The van der Waals surface area contributed by atoms with Gasteiger partial charge in [0.15, 0.2) is 0 Å². The summed E-state index contributed by atoms with van der Waals surface area (Å²) < 4.78 is 4.79. The van der Waals surface area contributed by atoms with Gasteiger partial charge in [-0.15, -0.1) is 0 Å². The summed E-state index contributed by atoms with van der Waals surface area (Å²) in [4.78, 5) is 40.9. The maximum absolute atomic E-state index is 12.9. The Balaban J connectivity index is 1.81. The molecular formula is C21H27N3O5. The van der Waals surface area contributed by atoms with Crippen molar-refractivity contribution in [2.75, 3.05) is 45.2 Å². The number of amides is 2. The van der Waals surface area contributed by atoms with E-state index in [4.69, 9.17) is 9.84 Å². The van der Waals surface area contributed by atoms with Crippen molar-refractivity contribution in [3.05, 3.63) is 41.1 Å². The number of methoxy groups -OCH3 is 1. The highest BCUT2D eigenvalue weighted by atomic mass is 16.5. The van der Waals surface area contributed by atoms with Gasteiger partial charge >= 0.3 is 5.97 Å². The van der Waals surface area contributed by atoms with Crippen LogP contribution in [0.5, 0.6) is 0 Å². The van der Waals surface area contributed by atoms with Crippen molar-refractivity contribution < 1.29 is 24.2 Å². The van der Waals surface area contributed by atoms with Gasteiger partial charge < -0.3 is 25.0 Å². The molecule has 29 heavy (non-hydrogen) atoms. The summed E-state index contributed by atoms with van der Waals surface area (Å²) in [5.74, 6) is -1.01. The summed E-state index contributed by atoms with van der Waals surface area (Å²) in [7, 11) is 1.26. The van der Waals surface area contributed by atoms with Crippen molar-refractivity contribution in [1.82, 2.24) is 9.80 Å². The number of ether oxygens (including phenoxy) is 1. The Morgan fingerprint density at radius 3 is 2.55 bits per heavy atom. The van der Waals surface area contributed by atoms with Crippen LogP contribution in [0, 0.1) is 0 Å². The fourth-order valence-electron chi connectivity index (χ4n) is 3.68. The molecule has 0 spiro atoms. The Morgan fingerprint density at radius 2 is 1.90 bits per heavy atom. The van der Waals surface area contributed by atoms with Crippen molar-refractivity contribution in [3.8, 4) is 0 Å². The molecule has 0 bridgehead atoms. The number of carbonyl (C=O) groups is 3. The molecular weight excluding hydrogens is 374 g/mol. The van der Waals surface area contributed by atoms with Gasteiger partial charge in [-0.25, -0.2) is 4.79 Å². The highest BCUT2D eigenvalue weighted by Gasteiger charge is 2.34. The third-order valence-electron chi connectivity index (χ3n) is 5.23. The minimum absolute atomic E-state index is 0.0302. The summed E-state index contributed by atoms with van der Waals surface area (Å²) in [5, 5.41) is 12.1. The number of benzene rings is 1. The molecule has 1 saturated heterocycles. The minimum Gasteiger partial charge on any atom is -0.466 e. The van der Waals surface area contributed by atoms with Crippen molar-refractivity contribution in [3.63, 3.8) is 0 Å². The van der Waals surface area contributed by atoms with Crippen molar-refractivity contribution >= 4 is 23.5 Å². The molecule has 0 radical (unpaired) electrons. The van der Waals surface area contributed by atoms with Crippen LogP contribution in [-0.4, -0.2) is 72.6 Å². The molecule has 2 amide bonds. The number of carbonyl (C=O) groups excluding carboxylic acids is 3. The monoisotopic (exact) mass is 401 g/mol. The average Bonchev–Trinajstić information content (AvgIpc) is 2.93. The van der Waals surface area contributed by atoms with Gasteiger partial charge in [0.05, 0.1) is 25.8 Å². The smallest absolute Gasteiger partial charge is 0.337 e. The number of hydrogen-bond acceptors (Lipinski definition) is 6. The minimum atomic E-state index is -0.599. The molecule has 156 valence electrons. The van der Waals surface area contributed by atoms with E-state index in [0.29, 0.717) is 11.3 Å². The second kappa shape index (κ2) is 9.56. The Hall–Kier alpha value is -2.87. The van der Waals surface area contributed by atoms with Gasteiger partial charge in [0.2, 0.25) is 0 Å². The highest BCUT2D eigenvalue weighted by Crippen LogP contribution is 2.24. The lowest BCUT2D eigenvalue weighted by molar-refractivity contribution is -0.136. The standard InChI is InChI=1S/C21H27N3O5/c1-29-21(28)17-14-24(11-12-25)20(27)18(17)22-16-8-6-7-15(13-16)19(26)23-9-4-2-3-5-10-23/h6-8,13,22,25H,2-5,9-12,14H2,1H3. The third kappa shape index (κ3) is 4.76. The second-order valence-corrected chi connectivity index (χ2v) is 7.21. The highest BCUT2D eigenvalue weighted by molar-refractivity contribution is 6.08. The first-order valence-electron chi connectivity index (χ1n) is 9.93. The van der Waals surface area contributed by atoms with Gasteiger partial charge in [0, 0.05) is 30.9 Å². The second-order valence-electron chi connectivity index (χ2n) is 7.21. The molecule has 0 atom stereocenters. The summed E-state index contributed by atoms with van der Waals surface area (Å²) in [6.45, 7) is 1.50. The van der Waals surface area contributed by atoms with E-state index in [2.05, 4.69) is 5.32 Å². The maximum Gasteiger partial charge on any atom is 0.337 e. The van der Waals surface area contributed by atoms with Gasteiger partial charge in [0.1, 0.15) is 5.70 Å².